The summed E-state index contributed by atoms with van der Waals surface area (Å²) < 4.78 is 11.4. The van der Waals surface area contributed by atoms with Crippen LogP contribution in [0.4, 0.5) is 0 Å². The topological polar surface area (TPSA) is 100 Å². The normalized spacial score (nSPS) is 46.9. The summed E-state index contributed by atoms with van der Waals surface area (Å²) in [5.74, 6) is -0.500. The largest absolute Gasteiger partial charge is 0.469 e. The van der Waals surface area contributed by atoms with Crippen LogP contribution in [0.3, 0.4) is 0 Å². The van der Waals surface area contributed by atoms with E-state index in [2.05, 4.69) is 0 Å². The molecule has 0 bridgehead atoms. The molecule has 28 heavy (non-hydrogen) atoms. The molecule has 0 amide bonds. The summed E-state index contributed by atoms with van der Waals surface area (Å²) in [6.45, 7) is 9.10. The first-order chi connectivity index (χ1) is 12.9. The van der Waals surface area contributed by atoms with E-state index >= 15 is 0 Å². The van der Waals surface area contributed by atoms with Crippen LogP contribution in [0.15, 0.2) is 16.7 Å². The number of hydrogen-bond acceptors (Lipinski definition) is 6. The number of fused-ring (bicyclic) bond motifs is 4. The van der Waals surface area contributed by atoms with Crippen molar-refractivity contribution in [1.29, 1.82) is 0 Å². The van der Waals surface area contributed by atoms with Crippen LogP contribution in [0.2, 0.25) is 0 Å². The third kappa shape index (κ3) is 2.28. The molecule has 1 heterocycles. The number of aliphatic hydroxyl groups excluding tert-OH is 1. The molecule has 0 spiro atoms. The number of esters is 1. The number of aliphatic hydroxyl groups is 3. The Balaban J connectivity index is 1.91. The van der Waals surface area contributed by atoms with Crippen LogP contribution >= 0.6 is 0 Å². The molecule has 0 saturated heterocycles. The Kier molecular flexibility index (Phi) is 4.15. The van der Waals surface area contributed by atoms with Crippen LogP contribution in [-0.4, -0.2) is 39.1 Å². The lowest BCUT2D eigenvalue weighted by Gasteiger charge is -2.69. The third-order valence-electron chi connectivity index (χ3n) is 8.49. The second-order valence-electron chi connectivity index (χ2n) is 10.2. The van der Waals surface area contributed by atoms with Gasteiger partial charge >= 0.3 is 5.97 Å². The molecule has 0 radical (unpaired) electrons. The van der Waals surface area contributed by atoms with Crippen molar-refractivity contribution >= 4 is 5.97 Å². The average molecular weight is 392 g/mol. The van der Waals surface area contributed by atoms with Gasteiger partial charge in [-0.05, 0) is 37.2 Å². The van der Waals surface area contributed by atoms with Gasteiger partial charge in [-0.1, -0.05) is 20.8 Å². The summed E-state index contributed by atoms with van der Waals surface area (Å²) >= 11 is 0. The van der Waals surface area contributed by atoms with Crippen LogP contribution in [0.25, 0.3) is 0 Å². The van der Waals surface area contributed by atoms with Crippen LogP contribution in [0.1, 0.15) is 65.2 Å². The van der Waals surface area contributed by atoms with E-state index in [-0.39, 0.29) is 18.3 Å². The number of furan rings is 1. The molecule has 0 unspecified atom stereocenters. The molecule has 2 fully saturated rings. The molecule has 156 valence electrons. The second-order valence-corrected chi connectivity index (χ2v) is 10.2. The molecule has 0 aromatic carbocycles. The minimum atomic E-state index is -1.29. The molecule has 1 aromatic heterocycles. The van der Waals surface area contributed by atoms with E-state index in [9.17, 15) is 20.1 Å². The van der Waals surface area contributed by atoms with Crippen molar-refractivity contribution in [1.82, 2.24) is 0 Å². The molecule has 4 rings (SSSR count). The van der Waals surface area contributed by atoms with Gasteiger partial charge in [0.15, 0.2) is 0 Å². The Bertz CT molecular complexity index is 795. The molecule has 0 aliphatic heterocycles. The van der Waals surface area contributed by atoms with Gasteiger partial charge in [-0.2, -0.15) is 0 Å². The zero-order valence-corrected chi connectivity index (χ0v) is 17.4. The van der Waals surface area contributed by atoms with E-state index in [0.717, 1.165) is 0 Å². The quantitative estimate of drug-likeness (QED) is 0.635. The van der Waals surface area contributed by atoms with Crippen LogP contribution < -0.4 is 0 Å². The highest BCUT2D eigenvalue weighted by molar-refractivity contribution is 5.66. The van der Waals surface area contributed by atoms with E-state index in [1.807, 2.05) is 20.8 Å². The maximum absolute atomic E-state index is 12.1. The Morgan fingerprint density at radius 1 is 1.25 bits per heavy atom. The maximum Gasteiger partial charge on any atom is 0.302 e. The lowest BCUT2D eigenvalue weighted by Crippen LogP contribution is -2.75. The van der Waals surface area contributed by atoms with Crippen molar-refractivity contribution in [3.05, 3.63) is 23.7 Å². The fourth-order valence-electron chi connectivity index (χ4n) is 6.92. The zero-order valence-electron chi connectivity index (χ0n) is 17.4. The van der Waals surface area contributed by atoms with Gasteiger partial charge in [0.2, 0.25) is 0 Å². The Morgan fingerprint density at radius 2 is 1.93 bits per heavy atom. The van der Waals surface area contributed by atoms with E-state index < -0.39 is 40.2 Å². The minimum absolute atomic E-state index is 0.138. The standard InChI is InChI=1S/C22H32O6/c1-12(23)28-17-6-8-19(2,3)22(26)11-15(24)18-14(20(17,22)4)10-16-13(7-9-27-16)21(18,5)25/h7,9,14-15,17-18,24-26H,6,8,10-11H2,1-5H3/t14-,15-,17-,18-,20-,21+,22+/m0/s1. The first-order valence-corrected chi connectivity index (χ1v) is 10.2. The van der Waals surface area contributed by atoms with Crippen molar-refractivity contribution in [3.63, 3.8) is 0 Å². The minimum Gasteiger partial charge on any atom is -0.469 e. The van der Waals surface area contributed by atoms with Gasteiger partial charge in [-0.15, -0.1) is 0 Å². The van der Waals surface area contributed by atoms with E-state index in [0.29, 0.717) is 30.6 Å². The first kappa shape index (κ1) is 19.9. The van der Waals surface area contributed by atoms with Gasteiger partial charge in [0.25, 0.3) is 0 Å². The fraction of sp³-hybridized carbons (Fsp3) is 0.773. The SMILES string of the molecule is CC(=O)O[C@H]1CCC(C)(C)[C@]2(O)C[C@H](O)[C@@H]3[C@H](Cc4occc4[C@@]3(C)O)[C@@]12C. The summed E-state index contributed by atoms with van der Waals surface area (Å²) in [5, 5.41) is 34.7. The van der Waals surface area contributed by atoms with Crippen molar-refractivity contribution in [2.24, 2.45) is 22.7 Å². The molecule has 6 heteroatoms. The molecule has 1 aromatic rings. The number of carbonyl (C=O) groups is 1. The van der Waals surface area contributed by atoms with E-state index in [1.54, 1.807) is 19.3 Å². The summed E-state index contributed by atoms with van der Waals surface area (Å²) in [6, 6.07) is 1.76. The van der Waals surface area contributed by atoms with Crippen LogP contribution in [-0.2, 0) is 21.6 Å². The number of carbonyl (C=O) groups excluding carboxylic acids is 1. The molecule has 6 nitrogen and oxygen atoms in total. The Morgan fingerprint density at radius 3 is 2.57 bits per heavy atom. The monoisotopic (exact) mass is 392 g/mol. The molecule has 3 aliphatic rings. The average Bonchev–Trinajstić information content (AvgIpc) is 3.04. The molecule has 3 aliphatic carbocycles. The number of rotatable bonds is 1. The highest BCUT2D eigenvalue weighted by Crippen LogP contribution is 2.67. The van der Waals surface area contributed by atoms with Gasteiger partial charge in [0.05, 0.1) is 23.6 Å². The van der Waals surface area contributed by atoms with Crippen molar-refractivity contribution in [2.75, 3.05) is 0 Å². The maximum atomic E-state index is 12.1. The predicted octanol–water partition coefficient (Wildman–Crippen LogP) is 2.53. The summed E-state index contributed by atoms with van der Waals surface area (Å²) in [5.41, 5.74) is -3.16. The van der Waals surface area contributed by atoms with Crippen molar-refractivity contribution in [3.8, 4) is 0 Å². The van der Waals surface area contributed by atoms with Gasteiger partial charge in [0.1, 0.15) is 11.9 Å². The third-order valence-corrected chi connectivity index (χ3v) is 8.49. The van der Waals surface area contributed by atoms with Gasteiger partial charge in [-0.3, -0.25) is 4.79 Å². The Hall–Kier alpha value is -1.37. The van der Waals surface area contributed by atoms with E-state index in [1.165, 1.54) is 6.92 Å². The Labute approximate surface area is 165 Å². The smallest absolute Gasteiger partial charge is 0.302 e. The second kappa shape index (κ2) is 5.83. The molecular weight excluding hydrogens is 360 g/mol. The summed E-state index contributed by atoms with van der Waals surface area (Å²) in [6.07, 6.45) is 2.13. The highest BCUT2D eigenvalue weighted by Gasteiger charge is 2.73. The molecule has 2 saturated carbocycles. The molecule has 7 atom stereocenters. The van der Waals surface area contributed by atoms with Gasteiger partial charge in [0, 0.05) is 36.7 Å². The molecular formula is C22H32O6. The number of ether oxygens (including phenoxy) is 1. The lowest BCUT2D eigenvalue weighted by molar-refractivity contribution is -0.311. The summed E-state index contributed by atoms with van der Waals surface area (Å²) in [7, 11) is 0. The summed E-state index contributed by atoms with van der Waals surface area (Å²) in [4.78, 5) is 11.9. The molecule has 3 N–H and O–H groups in total. The van der Waals surface area contributed by atoms with Crippen molar-refractivity contribution in [2.45, 2.75) is 83.7 Å². The highest BCUT2D eigenvalue weighted by atomic mass is 16.5. The lowest BCUT2D eigenvalue weighted by atomic mass is 9.39. The van der Waals surface area contributed by atoms with Crippen molar-refractivity contribution < 1.29 is 29.3 Å². The number of hydrogen-bond donors (Lipinski definition) is 3. The fourth-order valence-corrected chi connectivity index (χ4v) is 6.92. The first-order valence-electron chi connectivity index (χ1n) is 10.2. The van der Waals surface area contributed by atoms with Gasteiger partial charge < -0.3 is 24.5 Å². The zero-order chi connectivity index (χ0) is 20.7. The van der Waals surface area contributed by atoms with Gasteiger partial charge in [-0.25, -0.2) is 0 Å². The predicted molar refractivity (Wildman–Crippen MR) is 101 cm³/mol. The van der Waals surface area contributed by atoms with Crippen LogP contribution in [0.5, 0.6) is 0 Å². The van der Waals surface area contributed by atoms with E-state index in [4.69, 9.17) is 9.15 Å². The van der Waals surface area contributed by atoms with Crippen LogP contribution in [0, 0.1) is 22.7 Å².